The molecule has 1 N–H and O–H groups in total. The number of amides is 1. The van der Waals surface area contributed by atoms with Gasteiger partial charge in [0, 0.05) is 5.69 Å². The van der Waals surface area contributed by atoms with E-state index in [0.29, 0.717) is 32.6 Å². The SMILES string of the molecule is C=CCOc1c(Br)cc(/C=C(\C#N)C(=O)Nc2ccc(C)cc2)cc1Br. The molecule has 2 aromatic rings. The summed E-state index contributed by atoms with van der Waals surface area (Å²) in [6, 6.07) is 12.9. The summed E-state index contributed by atoms with van der Waals surface area (Å²) in [5, 5.41) is 12.1. The summed E-state index contributed by atoms with van der Waals surface area (Å²) < 4.78 is 6.97. The van der Waals surface area contributed by atoms with E-state index >= 15 is 0 Å². The van der Waals surface area contributed by atoms with Crippen LogP contribution in [0.15, 0.2) is 63.6 Å². The average Bonchev–Trinajstić information content (AvgIpc) is 2.61. The number of nitriles is 1. The Morgan fingerprint density at radius 3 is 2.42 bits per heavy atom. The highest BCUT2D eigenvalue weighted by atomic mass is 79.9. The summed E-state index contributed by atoms with van der Waals surface area (Å²) in [5.41, 5.74) is 2.42. The summed E-state index contributed by atoms with van der Waals surface area (Å²) in [6.07, 6.45) is 3.17. The Balaban J connectivity index is 2.24. The number of halogens is 2. The fourth-order valence-electron chi connectivity index (χ4n) is 2.09. The van der Waals surface area contributed by atoms with Crippen molar-refractivity contribution in [1.82, 2.24) is 0 Å². The van der Waals surface area contributed by atoms with Crippen molar-refractivity contribution in [2.24, 2.45) is 0 Å². The van der Waals surface area contributed by atoms with Crippen molar-refractivity contribution >= 4 is 49.5 Å². The summed E-state index contributed by atoms with van der Waals surface area (Å²) >= 11 is 6.87. The Hall–Kier alpha value is -2.36. The summed E-state index contributed by atoms with van der Waals surface area (Å²) in [4.78, 5) is 12.4. The van der Waals surface area contributed by atoms with Gasteiger partial charge in [0.15, 0.2) is 0 Å². The van der Waals surface area contributed by atoms with E-state index in [1.807, 2.05) is 25.1 Å². The van der Waals surface area contributed by atoms with Crippen molar-refractivity contribution < 1.29 is 9.53 Å². The maximum absolute atomic E-state index is 12.4. The molecule has 0 spiro atoms. The van der Waals surface area contributed by atoms with Crippen LogP contribution in [-0.2, 0) is 4.79 Å². The molecule has 132 valence electrons. The number of benzene rings is 2. The molecule has 26 heavy (non-hydrogen) atoms. The normalized spacial score (nSPS) is 10.8. The molecule has 6 heteroatoms. The van der Waals surface area contributed by atoms with E-state index in [0.717, 1.165) is 5.56 Å². The lowest BCUT2D eigenvalue weighted by Crippen LogP contribution is -2.13. The quantitative estimate of drug-likeness (QED) is 0.334. The molecule has 0 aliphatic heterocycles. The molecule has 2 aromatic carbocycles. The minimum absolute atomic E-state index is 0.00383. The van der Waals surface area contributed by atoms with Gasteiger partial charge in [-0.15, -0.1) is 0 Å². The van der Waals surface area contributed by atoms with Gasteiger partial charge in [0.2, 0.25) is 0 Å². The van der Waals surface area contributed by atoms with E-state index < -0.39 is 5.91 Å². The third kappa shape index (κ3) is 5.32. The third-order valence-corrected chi connectivity index (χ3v) is 4.53. The lowest BCUT2D eigenvalue weighted by molar-refractivity contribution is -0.112. The van der Waals surface area contributed by atoms with Gasteiger partial charge in [-0.05, 0) is 74.7 Å². The Bertz CT molecular complexity index is 874. The molecule has 0 unspecified atom stereocenters. The van der Waals surface area contributed by atoms with Gasteiger partial charge >= 0.3 is 0 Å². The molecule has 0 atom stereocenters. The number of hydrogen-bond donors (Lipinski definition) is 1. The zero-order valence-corrected chi connectivity index (χ0v) is 17.2. The standard InChI is InChI=1S/C20H16Br2N2O2/c1-3-8-26-19-17(21)10-14(11-18(19)22)9-15(12-23)20(25)24-16-6-4-13(2)5-7-16/h3-7,9-11H,1,8H2,2H3,(H,24,25)/b15-9+. The Labute approximate surface area is 169 Å². The molecule has 0 aliphatic carbocycles. The number of nitrogens with one attached hydrogen (secondary N) is 1. The Morgan fingerprint density at radius 2 is 1.88 bits per heavy atom. The van der Waals surface area contributed by atoms with Crippen LogP contribution in [0.2, 0.25) is 0 Å². The van der Waals surface area contributed by atoms with E-state index in [9.17, 15) is 10.1 Å². The summed E-state index contributed by atoms with van der Waals surface area (Å²) in [7, 11) is 0. The number of anilines is 1. The summed E-state index contributed by atoms with van der Waals surface area (Å²) in [5.74, 6) is 0.167. The molecule has 0 radical (unpaired) electrons. The molecule has 0 aromatic heterocycles. The molecule has 0 aliphatic rings. The zero-order valence-electron chi connectivity index (χ0n) is 14.1. The molecule has 0 fully saturated rings. The van der Waals surface area contributed by atoms with Crippen molar-refractivity contribution in [3.05, 3.63) is 74.7 Å². The van der Waals surface area contributed by atoms with Gasteiger partial charge in [0.1, 0.15) is 24.0 Å². The summed E-state index contributed by atoms with van der Waals surface area (Å²) in [6.45, 7) is 5.95. The van der Waals surface area contributed by atoms with Crippen LogP contribution in [0.3, 0.4) is 0 Å². The first-order chi connectivity index (χ1) is 12.4. The van der Waals surface area contributed by atoms with Gasteiger partial charge in [-0.3, -0.25) is 4.79 Å². The number of ether oxygens (including phenoxy) is 1. The molecular weight excluding hydrogens is 460 g/mol. The fourth-order valence-corrected chi connectivity index (χ4v) is 3.54. The largest absolute Gasteiger partial charge is 0.487 e. The lowest BCUT2D eigenvalue weighted by atomic mass is 10.1. The number of carbonyl (C=O) groups is 1. The monoisotopic (exact) mass is 474 g/mol. The van der Waals surface area contributed by atoms with E-state index in [1.54, 1.807) is 30.3 Å². The topological polar surface area (TPSA) is 62.1 Å². The van der Waals surface area contributed by atoms with Crippen LogP contribution in [-0.4, -0.2) is 12.5 Å². The predicted octanol–water partition coefficient (Wildman–Crippen LogP) is 5.63. The smallest absolute Gasteiger partial charge is 0.266 e. The van der Waals surface area contributed by atoms with Crippen molar-refractivity contribution in [2.45, 2.75) is 6.92 Å². The number of nitrogens with zero attached hydrogens (tertiary/aromatic N) is 1. The molecule has 1 amide bonds. The Kier molecular flexibility index (Phi) is 7.19. The number of hydrogen-bond acceptors (Lipinski definition) is 3. The third-order valence-electron chi connectivity index (χ3n) is 3.35. The second-order valence-electron chi connectivity index (χ2n) is 5.40. The highest BCUT2D eigenvalue weighted by molar-refractivity contribution is 9.11. The van der Waals surface area contributed by atoms with Crippen LogP contribution in [0.5, 0.6) is 5.75 Å². The molecule has 0 bridgehead atoms. The van der Waals surface area contributed by atoms with Gasteiger partial charge in [-0.25, -0.2) is 0 Å². The highest BCUT2D eigenvalue weighted by Crippen LogP contribution is 2.35. The second-order valence-corrected chi connectivity index (χ2v) is 7.11. The number of aryl methyl sites for hydroxylation is 1. The first-order valence-corrected chi connectivity index (χ1v) is 9.25. The molecular formula is C20H16Br2N2O2. The maximum atomic E-state index is 12.4. The molecule has 4 nitrogen and oxygen atoms in total. The minimum Gasteiger partial charge on any atom is -0.487 e. The molecule has 0 saturated heterocycles. The number of rotatable bonds is 6. The first-order valence-electron chi connectivity index (χ1n) is 7.67. The lowest BCUT2D eigenvalue weighted by Gasteiger charge is -2.10. The van der Waals surface area contributed by atoms with Crippen LogP contribution < -0.4 is 10.1 Å². The van der Waals surface area contributed by atoms with Gasteiger partial charge < -0.3 is 10.1 Å². The average molecular weight is 476 g/mol. The molecule has 0 saturated carbocycles. The van der Waals surface area contributed by atoms with Crippen molar-refractivity contribution in [3.63, 3.8) is 0 Å². The first kappa shape index (κ1) is 20.0. The van der Waals surface area contributed by atoms with Crippen LogP contribution in [0.1, 0.15) is 11.1 Å². The van der Waals surface area contributed by atoms with Crippen LogP contribution in [0.4, 0.5) is 5.69 Å². The Morgan fingerprint density at radius 1 is 1.27 bits per heavy atom. The van der Waals surface area contributed by atoms with E-state index in [4.69, 9.17) is 4.74 Å². The van der Waals surface area contributed by atoms with Gasteiger partial charge in [-0.2, -0.15) is 5.26 Å². The van der Waals surface area contributed by atoms with Crippen molar-refractivity contribution in [2.75, 3.05) is 11.9 Å². The van der Waals surface area contributed by atoms with E-state index in [-0.39, 0.29) is 5.57 Å². The predicted molar refractivity (Wildman–Crippen MR) is 111 cm³/mol. The van der Waals surface area contributed by atoms with Gasteiger partial charge in [-0.1, -0.05) is 30.4 Å². The van der Waals surface area contributed by atoms with Crippen LogP contribution >= 0.6 is 31.9 Å². The van der Waals surface area contributed by atoms with Crippen molar-refractivity contribution in [3.8, 4) is 11.8 Å². The van der Waals surface area contributed by atoms with Gasteiger partial charge in [0.05, 0.1) is 8.95 Å². The zero-order chi connectivity index (χ0) is 19.1. The fraction of sp³-hybridized carbons (Fsp3) is 0.100. The molecule has 0 heterocycles. The number of carbonyl (C=O) groups excluding carboxylic acids is 1. The minimum atomic E-state index is -0.462. The van der Waals surface area contributed by atoms with E-state index in [2.05, 4.69) is 43.8 Å². The second kappa shape index (κ2) is 9.37. The molecule has 2 rings (SSSR count). The highest BCUT2D eigenvalue weighted by Gasteiger charge is 2.12. The van der Waals surface area contributed by atoms with E-state index in [1.165, 1.54) is 6.08 Å². The van der Waals surface area contributed by atoms with Crippen LogP contribution in [0, 0.1) is 18.3 Å². The van der Waals surface area contributed by atoms with Gasteiger partial charge in [0.25, 0.3) is 5.91 Å². The van der Waals surface area contributed by atoms with Crippen LogP contribution in [0.25, 0.3) is 6.08 Å². The van der Waals surface area contributed by atoms with Crippen molar-refractivity contribution in [1.29, 1.82) is 5.26 Å². The maximum Gasteiger partial charge on any atom is 0.266 e.